The quantitative estimate of drug-likeness (QED) is 0.841. The van der Waals surface area contributed by atoms with Crippen LogP contribution < -0.4 is 5.32 Å². The van der Waals surface area contributed by atoms with Gasteiger partial charge in [0.1, 0.15) is 6.61 Å². The summed E-state index contributed by atoms with van der Waals surface area (Å²) in [5, 5.41) is 11.7. The summed E-state index contributed by atoms with van der Waals surface area (Å²) in [6, 6.07) is 8.92. The number of carbonyl (C=O) groups is 2. The summed E-state index contributed by atoms with van der Waals surface area (Å²) in [5.41, 5.74) is 0.888. The molecule has 120 valence electrons. The SMILES string of the molecule is O=C(O)C[C@@H](NC(=O)OCc1ccccc1)C1CCOCC1. The van der Waals surface area contributed by atoms with Gasteiger partial charge in [-0.15, -0.1) is 0 Å². The van der Waals surface area contributed by atoms with Crippen molar-refractivity contribution in [3.05, 3.63) is 35.9 Å². The van der Waals surface area contributed by atoms with Crippen molar-refractivity contribution < 1.29 is 24.2 Å². The van der Waals surface area contributed by atoms with Crippen molar-refractivity contribution in [2.24, 2.45) is 5.92 Å². The minimum atomic E-state index is -0.931. The molecule has 0 spiro atoms. The molecule has 1 aliphatic heterocycles. The molecule has 6 nitrogen and oxygen atoms in total. The van der Waals surface area contributed by atoms with E-state index in [1.54, 1.807) is 0 Å². The fourth-order valence-corrected chi connectivity index (χ4v) is 2.56. The number of benzene rings is 1. The van der Waals surface area contributed by atoms with E-state index in [1.807, 2.05) is 30.3 Å². The molecule has 1 atom stereocenters. The number of rotatable bonds is 6. The van der Waals surface area contributed by atoms with Crippen LogP contribution >= 0.6 is 0 Å². The third kappa shape index (κ3) is 5.37. The number of alkyl carbamates (subject to hydrolysis) is 1. The maximum Gasteiger partial charge on any atom is 0.407 e. The van der Waals surface area contributed by atoms with E-state index in [2.05, 4.69) is 5.32 Å². The Labute approximate surface area is 129 Å². The molecule has 1 aromatic carbocycles. The van der Waals surface area contributed by atoms with Crippen molar-refractivity contribution in [1.29, 1.82) is 0 Å². The first-order chi connectivity index (χ1) is 10.6. The minimum Gasteiger partial charge on any atom is -0.481 e. The number of hydrogen-bond acceptors (Lipinski definition) is 4. The van der Waals surface area contributed by atoms with Gasteiger partial charge in [0, 0.05) is 19.3 Å². The lowest BCUT2D eigenvalue weighted by molar-refractivity contribution is -0.138. The normalized spacial score (nSPS) is 16.7. The maximum absolute atomic E-state index is 11.9. The number of aliphatic carboxylic acids is 1. The van der Waals surface area contributed by atoms with E-state index in [4.69, 9.17) is 14.6 Å². The number of ether oxygens (including phenoxy) is 2. The lowest BCUT2D eigenvalue weighted by atomic mass is 9.90. The van der Waals surface area contributed by atoms with Crippen molar-refractivity contribution in [2.45, 2.75) is 31.9 Å². The van der Waals surface area contributed by atoms with Gasteiger partial charge in [0.25, 0.3) is 0 Å². The monoisotopic (exact) mass is 307 g/mol. The van der Waals surface area contributed by atoms with E-state index in [-0.39, 0.29) is 18.9 Å². The lowest BCUT2D eigenvalue weighted by Gasteiger charge is -2.29. The predicted octanol–water partition coefficient (Wildman–Crippen LogP) is 2.18. The molecule has 1 fully saturated rings. The Morgan fingerprint density at radius 2 is 1.95 bits per heavy atom. The van der Waals surface area contributed by atoms with Gasteiger partial charge in [-0.05, 0) is 24.3 Å². The van der Waals surface area contributed by atoms with Gasteiger partial charge in [-0.25, -0.2) is 4.79 Å². The van der Waals surface area contributed by atoms with E-state index in [9.17, 15) is 9.59 Å². The van der Waals surface area contributed by atoms with E-state index < -0.39 is 18.1 Å². The first-order valence-electron chi connectivity index (χ1n) is 7.42. The highest BCUT2D eigenvalue weighted by Gasteiger charge is 2.27. The zero-order valence-electron chi connectivity index (χ0n) is 12.4. The maximum atomic E-state index is 11.9. The van der Waals surface area contributed by atoms with E-state index in [0.29, 0.717) is 13.2 Å². The molecule has 0 saturated carbocycles. The summed E-state index contributed by atoms with van der Waals surface area (Å²) >= 11 is 0. The van der Waals surface area contributed by atoms with Gasteiger partial charge in [0.15, 0.2) is 0 Å². The zero-order chi connectivity index (χ0) is 15.8. The highest BCUT2D eigenvalue weighted by atomic mass is 16.5. The largest absolute Gasteiger partial charge is 0.481 e. The summed E-state index contributed by atoms with van der Waals surface area (Å²) < 4.78 is 10.4. The van der Waals surface area contributed by atoms with Gasteiger partial charge in [-0.3, -0.25) is 4.79 Å². The summed E-state index contributed by atoms with van der Waals surface area (Å²) in [5.74, 6) is -0.825. The smallest absolute Gasteiger partial charge is 0.407 e. The van der Waals surface area contributed by atoms with Crippen molar-refractivity contribution >= 4 is 12.1 Å². The van der Waals surface area contributed by atoms with Gasteiger partial charge in [0.05, 0.1) is 6.42 Å². The van der Waals surface area contributed by atoms with E-state index in [1.165, 1.54) is 0 Å². The summed E-state index contributed by atoms with van der Waals surface area (Å²) in [7, 11) is 0. The van der Waals surface area contributed by atoms with Gasteiger partial charge in [0.2, 0.25) is 0 Å². The Morgan fingerprint density at radius 1 is 1.27 bits per heavy atom. The highest BCUT2D eigenvalue weighted by molar-refractivity contribution is 5.71. The molecule has 0 aliphatic carbocycles. The second-order valence-corrected chi connectivity index (χ2v) is 5.36. The van der Waals surface area contributed by atoms with Crippen molar-refractivity contribution in [3.63, 3.8) is 0 Å². The first-order valence-corrected chi connectivity index (χ1v) is 7.42. The summed E-state index contributed by atoms with van der Waals surface area (Å²) in [6.45, 7) is 1.36. The van der Waals surface area contributed by atoms with E-state index >= 15 is 0 Å². The molecule has 2 N–H and O–H groups in total. The van der Waals surface area contributed by atoms with Gasteiger partial charge >= 0.3 is 12.1 Å². The van der Waals surface area contributed by atoms with Crippen LogP contribution in [0.5, 0.6) is 0 Å². The number of nitrogens with one attached hydrogen (secondary N) is 1. The Morgan fingerprint density at radius 3 is 2.59 bits per heavy atom. The van der Waals surface area contributed by atoms with Crippen LogP contribution in [0.1, 0.15) is 24.8 Å². The number of amides is 1. The zero-order valence-corrected chi connectivity index (χ0v) is 12.4. The highest BCUT2D eigenvalue weighted by Crippen LogP contribution is 2.21. The molecule has 1 heterocycles. The summed E-state index contributed by atoms with van der Waals surface area (Å²) in [6.07, 6.45) is 0.806. The third-order valence-corrected chi connectivity index (χ3v) is 3.75. The van der Waals surface area contributed by atoms with Crippen molar-refractivity contribution in [2.75, 3.05) is 13.2 Å². The van der Waals surface area contributed by atoms with Gasteiger partial charge in [-0.2, -0.15) is 0 Å². The average Bonchev–Trinajstić information content (AvgIpc) is 2.54. The number of carboxylic acids is 1. The van der Waals surface area contributed by atoms with Crippen LogP contribution in [0.25, 0.3) is 0 Å². The van der Waals surface area contributed by atoms with Crippen LogP contribution in [0.4, 0.5) is 4.79 Å². The second kappa shape index (κ2) is 8.38. The Hall–Kier alpha value is -2.08. The van der Waals surface area contributed by atoms with Crippen LogP contribution in [-0.4, -0.2) is 36.4 Å². The predicted molar refractivity (Wildman–Crippen MR) is 79.3 cm³/mol. The topological polar surface area (TPSA) is 84.9 Å². The summed E-state index contributed by atoms with van der Waals surface area (Å²) in [4.78, 5) is 22.9. The van der Waals surface area contributed by atoms with Gasteiger partial charge in [-0.1, -0.05) is 30.3 Å². The molecule has 22 heavy (non-hydrogen) atoms. The molecular formula is C16H21NO5. The molecule has 1 saturated heterocycles. The Kier molecular flexibility index (Phi) is 6.21. The van der Waals surface area contributed by atoms with Crippen LogP contribution in [0.3, 0.4) is 0 Å². The first kappa shape index (κ1) is 16.3. The van der Waals surface area contributed by atoms with Crippen LogP contribution in [-0.2, 0) is 20.9 Å². The molecular weight excluding hydrogens is 286 g/mol. The second-order valence-electron chi connectivity index (χ2n) is 5.36. The average molecular weight is 307 g/mol. The number of carbonyl (C=O) groups excluding carboxylic acids is 1. The molecule has 1 aliphatic rings. The Bertz CT molecular complexity index is 485. The lowest BCUT2D eigenvalue weighted by Crippen LogP contribution is -2.43. The fourth-order valence-electron chi connectivity index (χ4n) is 2.56. The molecule has 0 aromatic heterocycles. The molecule has 0 bridgehead atoms. The Balaban J connectivity index is 1.85. The van der Waals surface area contributed by atoms with Gasteiger partial charge < -0.3 is 19.9 Å². The third-order valence-electron chi connectivity index (χ3n) is 3.75. The molecule has 2 rings (SSSR count). The van der Waals surface area contributed by atoms with Crippen molar-refractivity contribution in [1.82, 2.24) is 5.32 Å². The van der Waals surface area contributed by atoms with Crippen LogP contribution in [0.15, 0.2) is 30.3 Å². The van der Waals surface area contributed by atoms with Crippen LogP contribution in [0, 0.1) is 5.92 Å². The fraction of sp³-hybridized carbons (Fsp3) is 0.500. The molecule has 1 aromatic rings. The number of carboxylic acid groups (broad SMARTS) is 1. The molecule has 1 amide bonds. The molecule has 6 heteroatoms. The number of hydrogen-bond donors (Lipinski definition) is 2. The van der Waals surface area contributed by atoms with E-state index in [0.717, 1.165) is 18.4 Å². The minimum absolute atomic E-state index is 0.106. The van der Waals surface area contributed by atoms with Crippen molar-refractivity contribution in [3.8, 4) is 0 Å². The molecule has 0 radical (unpaired) electrons. The standard InChI is InChI=1S/C16H21NO5/c18-15(19)10-14(13-6-8-21-9-7-13)17-16(20)22-11-12-4-2-1-3-5-12/h1-5,13-14H,6-11H2,(H,17,20)(H,18,19)/t14-/m1/s1. The van der Waals surface area contributed by atoms with Crippen LogP contribution in [0.2, 0.25) is 0 Å². The molecule has 0 unspecified atom stereocenters.